The van der Waals surface area contributed by atoms with Crippen molar-refractivity contribution in [1.29, 1.82) is 5.26 Å². The largest absolute Gasteiger partial charge is 0.503 e. The zero-order valence-corrected chi connectivity index (χ0v) is 8.27. The molecule has 0 aliphatic heterocycles. The van der Waals surface area contributed by atoms with E-state index in [-0.39, 0.29) is 9.13 Å². The standard InChI is InChI=1S/C7H4INO4/c8-3-2(1-9)4(10)6(12)7(13)5(3)11/h10-13H. The van der Waals surface area contributed by atoms with Gasteiger partial charge in [0.15, 0.2) is 11.5 Å². The number of nitriles is 1. The van der Waals surface area contributed by atoms with Crippen LogP contribution in [0.5, 0.6) is 23.0 Å². The molecule has 0 saturated carbocycles. The Morgan fingerprint density at radius 2 is 1.38 bits per heavy atom. The Morgan fingerprint density at radius 1 is 0.923 bits per heavy atom. The van der Waals surface area contributed by atoms with Crippen LogP contribution in [0, 0.1) is 14.9 Å². The molecule has 1 aromatic rings. The van der Waals surface area contributed by atoms with Gasteiger partial charge in [0.25, 0.3) is 0 Å². The Bertz CT molecular complexity index is 381. The van der Waals surface area contributed by atoms with Crippen molar-refractivity contribution in [3.63, 3.8) is 0 Å². The molecule has 0 fully saturated rings. The summed E-state index contributed by atoms with van der Waals surface area (Å²) in [6, 6.07) is 1.58. The lowest BCUT2D eigenvalue weighted by Crippen LogP contribution is -1.86. The number of aromatic hydroxyl groups is 4. The van der Waals surface area contributed by atoms with E-state index < -0.39 is 23.0 Å². The maximum atomic E-state index is 9.14. The van der Waals surface area contributed by atoms with E-state index in [1.54, 1.807) is 28.7 Å². The molecule has 0 aliphatic carbocycles. The van der Waals surface area contributed by atoms with E-state index >= 15 is 0 Å². The van der Waals surface area contributed by atoms with Crippen LogP contribution in [-0.2, 0) is 0 Å². The van der Waals surface area contributed by atoms with Crippen molar-refractivity contribution in [2.45, 2.75) is 0 Å². The lowest BCUT2D eigenvalue weighted by atomic mass is 10.2. The number of hydrogen-bond donors (Lipinski definition) is 4. The van der Waals surface area contributed by atoms with E-state index in [4.69, 9.17) is 25.7 Å². The molecular formula is C7H4INO4. The monoisotopic (exact) mass is 293 g/mol. The topological polar surface area (TPSA) is 105 Å². The number of rotatable bonds is 0. The van der Waals surface area contributed by atoms with E-state index in [9.17, 15) is 0 Å². The molecule has 0 unspecified atom stereocenters. The van der Waals surface area contributed by atoms with Crippen LogP contribution < -0.4 is 0 Å². The second-order valence-electron chi connectivity index (χ2n) is 2.20. The first-order chi connectivity index (χ1) is 6.00. The molecule has 0 saturated heterocycles. The van der Waals surface area contributed by atoms with Crippen LogP contribution in [0.1, 0.15) is 5.56 Å². The van der Waals surface area contributed by atoms with Crippen LogP contribution >= 0.6 is 22.6 Å². The summed E-state index contributed by atoms with van der Waals surface area (Å²) < 4.78 is -0.00657. The van der Waals surface area contributed by atoms with Gasteiger partial charge in [-0.1, -0.05) is 0 Å². The molecule has 13 heavy (non-hydrogen) atoms. The highest BCUT2D eigenvalue weighted by Crippen LogP contribution is 2.46. The van der Waals surface area contributed by atoms with Crippen molar-refractivity contribution in [2.75, 3.05) is 0 Å². The quantitative estimate of drug-likeness (QED) is 0.324. The van der Waals surface area contributed by atoms with Crippen LogP contribution in [-0.4, -0.2) is 20.4 Å². The third kappa shape index (κ3) is 1.31. The molecule has 1 aromatic carbocycles. The number of nitrogens with zero attached hydrogens (tertiary/aromatic N) is 1. The summed E-state index contributed by atoms with van der Waals surface area (Å²) in [5, 5.41) is 44.8. The minimum absolute atomic E-state index is 0.00657. The number of benzene rings is 1. The van der Waals surface area contributed by atoms with E-state index in [1.165, 1.54) is 0 Å². The van der Waals surface area contributed by atoms with Gasteiger partial charge in [0.05, 0.1) is 3.57 Å². The fourth-order valence-corrected chi connectivity index (χ4v) is 1.40. The van der Waals surface area contributed by atoms with Gasteiger partial charge in [0, 0.05) is 0 Å². The second kappa shape index (κ2) is 3.18. The summed E-state index contributed by atoms with van der Waals surface area (Å²) >= 11 is 1.57. The molecule has 0 heterocycles. The van der Waals surface area contributed by atoms with Gasteiger partial charge >= 0.3 is 0 Å². The van der Waals surface area contributed by atoms with Crippen LogP contribution in [0.4, 0.5) is 0 Å². The normalized spacial score (nSPS) is 9.54. The Labute approximate surface area is 86.6 Å². The van der Waals surface area contributed by atoms with Gasteiger partial charge in [-0.3, -0.25) is 0 Å². The Hall–Kier alpha value is -1.36. The second-order valence-corrected chi connectivity index (χ2v) is 3.27. The summed E-state index contributed by atoms with van der Waals surface area (Å²) in [5.74, 6) is -3.08. The molecule has 5 nitrogen and oxygen atoms in total. The average Bonchev–Trinajstić information content (AvgIpc) is 2.13. The zero-order chi connectivity index (χ0) is 10.2. The van der Waals surface area contributed by atoms with Crippen molar-refractivity contribution < 1.29 is 20.4 Å². The van der Waals surface area contributed by atoms with E-state index in [1.807, 2.05) is 0 Å². The number of phenolic OH excluding ortho intramolecular Hbond substituents is 4. The summed E-state index contributed by atoms with van der Waals surface area (Å²) in [6.07, 6.45) is 0. The Kier molecular flexibility index (Phi) is 2.38. The van der Waals surface area contributed by atoms with Crippen LogP contribution in [0.3, 0.4) is 0 Å². The van der Waals surface area contributed by atoms with Crippen LogP contribution in [0.25, 0.3) is 0 Å². The molecule has 0 bridgehead atoms. The van der Waals surface area contributed by atoms with Crippen molar-refractivity contribution in [3.05, 3.63) is 9.13 Å². The first-order valence-corrected chi connectivity index (χ1v) is 4.14. The number of phenols is 4. The van der Waals surface area contributed by atoms with Crippen molar-refractivity contribution in [2.24, 2.45) is 0 Å². The third-order valence-electron chi connectivity index (χ3n) is 1.45. The highest BCUT2D eigenvalue weighted by Gasteiger charge is 2.21. The van der Waals surface area contributed by atoms with Gasteiger partial charge in [-0.25, -0.2) is 0 Å². The predicted molar refractivity (Wildman–Crippen MR) is 50.5 cm³/mol. The molecule has 0 aromatic heterocycles. The summed E-state index contributed by atoms with van der Waals surface area (Å²) in [4.78, 5) is 0. The lowest BCUT2D eigenvalue weighted by Gasteiger charge is -2.06. The average molecular weight is 293 g/mol. The molecule has 6 heteroatoms. The fourth-order valence-electron chi connectivity index (χ4n) is 0.771. The molecule has 0 aliphatic rings. The summed E-state index contributed by atoms with van der Waals surface area (Å²) in [5.41, 5.74) is -0.270. The van der Waals surface area contributed by atoms with Crippen LogP contribution in [0.15, 0.2) is 0 Å². The maximum absolute atomic E-state index is 9.14. The van der Waals surface area contributed by atoms with Gasteiger partial charge in [-0.15, -0.1) is 0 Å². The van der Waals surface area contributed by atoms with Crippen molar-refractivity contribution >= 4 is 22.6 Å². The molecule has 4 N–H and O–H groups in total. The highest BCUT2D eigenvalue weighted by atomic mass is 127. The molecule has 68 valence electrons. The first-order valence-electron chi connectivity index (χ1n) is 3.06. The lowest BCUT2D eigenvalue weighted by molar-refractivity contribution is 0.343. The molecule has 0 radical (unpaired) electrons. The molecule has 0 amide bonds. The third-order valence-corrected chi connectivity index (χ3v) is 2.50. The van der Waals surface area contributed by atoms with Crippen molar-refractivity contribution in [1.82, 2.24) is 0 Å². The van der Waals surface area contributed by atoms with Gasteiger partial charge in [0.2, 0.25) is 11.5 Å². The van der Waals surface area contributed by atoms with Crippen molar-refractivity contribution in [3.8, 4) is 29.1 Å². The Balaban J connectivity index is 3.69. The summed E-state index contributed by atoms with van der Waals surface area (Å²) in [6.45, 7) is 0. The molecule has 1 rings (SSSR count). The number of halogens is 1. The Morgan fingerprint density at radius 3 is 1.85 bits per heavy atom. The van der Waals surface area contributed by atoms with Gasteiger partial charge < -0.3 is 20.4 Å². The van der Waals surface area contributed by atoms with E-state index in [2.05, 4.69) is 0 Å². The minimum Gasteiger partial charge on any atom is -0.503 e. The van der Waals surface area contributed by atoms with Gasteiger partial charge in [0.1, 0.15) is 11.6 Å². The van der Waals surface area contributed by atoms with Gasteiger partial charge in [-0.05, 0) is 22.6 Å². The zero-order valence-electron chi connectivity index (χ0n) is 6.11. The first kappa shape index (κ1) is 9.73. The smallest absolute Gasteiger partial charge is 0.205 e. The minimum atomic E-state index is -0.894. The van der Waals surface area contributed by atoms with Crippen LogP contribution in [0.2, 0.25) is 0 Å². The highest BCUT2D eigenvalue weighted by molar-refractivity contribution is 14.1. The molecule has 0 atom stereocenters. The maximum Gasteiger partial charge on any atom is 0.205 e. The SMILES string of the molecule is N#Cc1c(O)c(O)c(O)c(O)c1I. The summed E-state index contributed by atoms with van der Waals surface area (Å²) in [7, 11) is 0. The van der Waals surface area contributed by atoms with Gasteiger partial charge in [-0.2, -0.15) is 5.26 Å². The molecule has 0 spiro atoms. The number of hydrogen-bond acceptors (Lipinski definition) is 5. The molecular weight excluding hydrogens is 289 g/mol. The fraction of sp³-hybridized carbons (Fsp3) is 0. The van der Waals surface area contributed by atoms with E-state index in [0.29, 0.717) is 0 Å². The van der Waals surface area contributed by atoms with E-state index in [0.717, 1.165) is 0 Å². The predicted octanol–water partition coefficient (Wildman–Crippen LogP) is 0.985.